The SMILES string of the molecule is CCc1cc(Cn2nnc(C(=O)O)c2CN)n(C)n1. The fourth-order valence-electron chi connectivity index (χ4n) is 1.87. The van der Waals surface area contributed by atoms with Crippen molar-refractivity contribution >= 4 is 5.97 Å². The van der Waals surface area contributed by atoms with Gasteiger partial charge in [0.2, 0.25) is 0 Å². The van der Waals surface area contributed by atoms with Gasteiger partial charge in [-0.15, -0.1) is 5.10 Å². The summed E-state index contributed by atoms with van der Waals surface area (Å²) in [6.45, 7) is 2.50. The highest BCUT2D eigenvalue weighted by Crippen LogP contribution is 2.10. The van der Waals surface area contributed by atoms with E-state index < -0.39 is 5.97 Å². The van der Waals surface area contributed by atoms with Crippen LogP contribution < -0.4 is 5.73 Å². The van der Waals surface area contributed by atoms with Gasteiger partial charge >= 0.3 is 5.97 Å². The van der Waals surface area contributed by atoms with E-state index in [1.54, 1.807) is 4.68 Å². The molecule has 102 valence electrons. The van der Waals surface area contributed by atoms with Gasteiger partial charge in [0.1, 0.15) is 0 Å². The molecule has 0 saturated carbocycles. The smallest absolute Gasteiger partial charge is 0.358 e. The van der Waals surface area contributed by atoms with Crippen molar-refractivity contribution in [1.82, 2.24) is 24.8 Å². The van der Waals surface area contributed by atoms with Crippen molar-refractivity contribution < 1.29 is 9.90 Å². The Kier molecular flexibility index (Phi) is 3.61. The van der Waals surface area contributed by atoms with Crippen LogP contribution in [0.5, 0.6) is 0 Å². The molecule has 0 radical (unpaired) electrons. The lowest BCUT2D eigenvalue weighted by Crippen LogP contribution is -2.14. The van der Waals surface area contributed by atoms with E-state index >= 15 is 0 Å². The topological polar surface area (TPSA) is 112 Å². The van der Waals surface area contributed by atoms with Crippen LogP contribution in [0.25, 0.3) is 0 Å². The molecule has 8 nitrogen and oxygen atoms in total. The van der Waals surface area contributed by atoms with Gasteiger partial charge in [-0.25, -0.2) is 9.48 Å². The largest absolute Gasteiger partial charge is 0.476 e. The summed E-state index contributed by atoms with van der Waals surface area (Å²) in [6, 6.07) is 1.96. The van der Waals surface area contributed by atoms with Crippen molar-refractivity contribution in [3.8, 4) is 0 Å². The van der Waals surface area contributed by atoms with Crippen LogP contribution in [0.4, 0.5) is 0 Å². The monoisotopic (exact) mass is 264 g/mol. The lowest BCUT2D eigenvalue weighted by Gasteiger charge is -2.05. The van der Waals surface area contributed by atoms with Crippen LogP contribution in [0.15, 0.2) is 6.07 Å². The lowest BCUT2D eigenvalue weighted by atomic mass is 10.3. The fraction of sp³-hybridized carbons (Fsp3) is 0.455. The summed E-state index contributed by atoms with van der Waals surface area (Å²) in [4.78, 5) is 11.0. The van der Waals surface area contributed by atoms with Crippen LogP contribution in [-0.4, -0.2) is 35.9 Å². The molecule has 8 heteroatoms. The quantitative estimate of drug-likeness (QED) is 0.772. The third-order valence-corrected chi connectivity index (χ3v) is 2.93. The molecule has 0 fully saturated rings. The molecule has 0 atom stereocenters. The van der Waals surface area contributed by atoms with Crippen LogP contribution in [0.3, 0.4) is 0 Å². The standard InChI is InChI=1S/C11H16N6O2/c1-3-7-4-8(16(2)14-7)6-17-9(5-12)10(11(18)19)13-15-17/h4H,3,5-6,12H2,1-2H3,(H,18,19). The Morgan fingerprint density at radius 3 is 2.79 bits per heavy atom. The molecular weight excluding hydrogens is 248 g/mol. The molecule has 0 aliphatic carbocycles. The van der Waals surface area contributed by atoms with Crippen molar-refractivity contribution in [3.63, 3.8) is 0 Å². The maximum Gasteiger partial charge on any atom is 0.358 e. The summed E-state index contributed by atoms with van der Waals surface area (Å²) >= 11 is 0. The van der Waals surface area contributed by atoms with Crippen LogP contribution in [0, 0.1) is 0 Å². The molecule has 2 rings (SSSR count). The van der Waals surface area contributed by atoms with E-state index in [1.807, 2.05) is 20.0 Å². The number of aromatic nitrogens is 5. The Balaban J connectivity index is 2.32. The van der Waals surface area contributed by atoms with Crippen LogP contribution >= 0.6 is 0 Å². The normalized spacial score (nSPS) is 10.9. The van der Waals surface area contributed by atoms with Gasteiger partial charge in [-0.3, -0.25) is 4.68 Å². The maximum absolute atomic E-state index is 11.0. The predicted molar refractivity (Wildman–Crippen MR) is 66.6 cm³/mol. The number of carboxylic acids is 1. The average Bonchev–Trinajstić information content (AvgIpc) is 2.94. The van der Waals surface area contributed by atoms with Gasteiger partial charge in [-0.1, -0.05) is 12.1 Å². The van der Waals surface area contributed by atoms with Crippen molar-refractivity contribution in [2.24, 2.45) is 12.8 Å². The van der Waals surface area contributed by atoms with Gasteiger partial charge in [-0.2, -0.15) is 5.10 Å². The highest BCUT2D eigenvalue weighted by atomic mass is 16.4. The summed E-state index contributed by atoms with van der Waals surface area (Å²) in [6.07, 6.45) is 0.843. The molecule has 2 aromatic heterocycles. The van der Waals surface area contributed by atoms with E-state index in [9.17, 15) is 4.79 Å². The zero-order valence-electron chi connectivity index (χ0n) is 10.9. The van der Waals surface area contributed by atoms with E-state index in [1.165, 1.54) is 4.68 Å². The van der Waals surface area contributed by atoms with E-state index in [-0.39, 0.29) is 12.2 Å². The summed E-state index contributed by atoms with van der Waals surface area (Å²) in [5.41, 5.74) is 7.78. The number of carbonyl (C=O) groups is 1. The first kappa shape index (κ1) is 13.2. The zero-order chi connectivity index (χ0) is 14.0. The second kappa shape index (κ2) is 5.19. The van der Waals surface area contributed by atoms with Crippen molar-refractivity contribution in [2.75, 3.05) is 0 Å². The van der Waals surface area contributed by atoms with Gasteiger partial charge in [0.15, 0.2) is 5.69 Å². The maximum atomic E-state index is 11.0. The number of aromatic carboxylic acids is 1. The Bertz CT molecular complexity index is 600. The predicted octanol–water partition coefficient (Wildman–Crippen LogP) is -0.221. The number of carboxylic acid groups (broad SMARTS) is 1. The molecule has 0 unspecified atom stereocenters. The summed E-state index contributed by atoms with van der Waals surface area (Å²) in [5, 5.41) is 20.8. The third-order valence-electron chi connectivity index (χ3n) is 2.93. The van der Waals surface area contributed by atoms with Gasteiger partial charge in [0, 0.05) is 13.6 Å². The summed E-state index contributed by atoms with van der Waals surface area (Å²) in [7, 11) is 1.84. The van der Waals surface area contributed by atoms with E-state index in [0.717, 1.165) is 17.8 Å². The Morgan fingerprint density at radius 1 is 1.53 bits per heavy atom. The lowest BCUT2D eigenvalue weighted by molar-refractivity contribution is 0.0689. The van der Waals surface area contributed by atoms with Crippen LogP contribution in [0.1, 0.15) is 34.5 Å². The number of nitrogens with zero attached hydrogens (tertiary/aromatic N) is 5. The fourth-order valence-corrected chi connectivity index (χ4v) is 1.87. The number of hydrogen-bond acceptors (Lipinski definition) is 5. The van der Waals surface area contributed by atoms with E-state index in [2.05, 4.69) is 15.4 Å². The molecule has 2 aromatic rings. The van der Waals surface area contributed by atoms with Gasteiger partial charge in [0.05, 0.1) is 23.6 Å². The molecular formula is C11H16N6O2. The van der Waals surface area contributed by atoms with Gasteiger partial charge in [-0.05, 0) is 12.5 Å². The molecule has 0 aliphatic heterocycles. The first-order valence-electron chi connectivity index (χ1n) is 5.94. The van der Waals surface area contributed by atoms with Crippen molar-refractivity contribution in [1.29, 1.82) is 0 Å². The second-order valence-corrected chi connectivity index (χ2v) is 4.16. The number of hydrogen-bond donors (Lipinski definition) is 2. The van der Waals surface area contributed by atoms with Gasteiger partial charge in [0.25, 0.3) is 0 Å². The minimum atomic E-state index is -1.12. The first-order valence-corrected chi connectivity index (χ1v) is 5.94. The Morgan fingerprint density at radius 2 is 2.26 bits per heavy atom. The molecule has 0 spiro atoms. The molecule has 19 heavy (non-hydrogen) atoms. The summed E-state index contributed by atoms with van der Waals surface area (Å²) < 4.78 is 3.25. The minimum Gasteiger partial charge on any atom is -0.476 e. The molecule has 0 amide bonds. The number of aryl methyl sites for hydroxylation is 2. The van der Waals surface area contributed by atoms with Crippen LogP contribution in [0.2, 0.25) is 0 Å². The first-order chi connectivity index (χ1) is 9.06. The van der Waals surface area contributed by atoms with Crippen molar-refractivity contribution in [3.05, 3.63) is 28.8 Å². The van der Waals surface area contributed by atoms with E-state index in [4.69, 9.17) is 10.8 Å². The highest BCUT2D eigenvalue weighted by molar-refractivity contribution is 5.86. The molecule has 0 bridgehead atoms. The molecule has 3 N–H and O–H groups in total. The zero-order valence-corrected chi connectivity index (χ0v) is 10.9. The summed E-state index contributed by atoms with van der Waals surface area (Å²) in [5.74, 6) is -1.12. The van der Waals surface area contributed by atoms with Gasteiger partial charge < -0.3 is 10.8 Å². The molecule has 0 aromatic carbocycles. The Labute approximate surface area is 109 Å². The molecule has 2 heterocycles. The number of rotatable bonds is 5. The second-order valence-electron chi connectivity index (χ2n) is 4.16. The molecule has 0 aliphatic rings. The van der Waals surface area contributed by atoms with Crippen LogP contribution in [-0.2, 0) is 26.6 Å². The Hall–Kier alpha value is -2.22. The minimum absolute atomic E-state index is 0.0765. The number of nitrogens with two attached hydrogens (primary N) is 1. The average molecular weight is 264 g/mol. The third kappa shape index (κ3) is 2.48. The molecule has 0 saturated heterocycles. The van der Waals surface area contributed by atoms with E-state index in [0.29, 0.717) is 12.2 Å². The van der Waals surface area contributed by atoms with Crippen molar-refractivity contribution in [2.45, 2.75) is 26.4 Å². The highest BCUT2D eigenvalue weighted by Gasteiger charge is 2.18.